The number of aryl methyl sites for hydroxylation is 1. The number of aliphatic carboxylic acids is 3. The van der Waals surface area contributed by atoms with Gasteiger partial charge in [-0.1, -0.05) is 62.2 Å². The van der Waals surface area contributed by atoms with Crippen molar-refractivity contribution in [2.75, 3.05) is 6.54 Å². The number of aromatic amines is 1. The zero-order valence-corrected chi connectivity index (χ0v) is 40.4. The molecule has 4 aromatic rings. The van der Waals surface area contributed by atoms with Crippen molar-refractivity contribution in [2.24, 2.45) is 17.8 Å². The molecule has 3 aromatic carbocycles. The van der Waals surface area contributed by atoms with Crippen LogP contribution in [-0.2, 0) is 72.4 Å². The molecule has 0 radical (unpaired) electrons. The minimum atomic E-state index is -4.47. The molecular weight excluding hydrogens is 944 g/mol. The zero-order chi connectivity index (χ0) is 52.3. The average molecular weight is 1010 g/mol. The maximum atomic E-state index is 14.4. The Kier molecular flexibility index (Phi) is 21.9. The predicted molar refractivity (Wildman–Crippen MR) is 257 cm³/mol. The number of rotatable bonds is 33. The van der Waals surface area contributed by atoms with Gasteiger partial charge in [0.05, 0.1) is 29.9 Å². The number of aromatic nitrogens is 1. The molecule has 0 spiro atoms. The first-order valence-corrected chi connectivity index (χ1v) is 24.9. The number of ketones is 4. The monoisotopic (exact) mass is 1000 g/mol. The number of carbonyl (C=O) groups excluding carboxylic acids is 6. The quantitative estimate of drug-likeness (QED) is 0.0299. The molecule has 1 aromatic heterocycles. The van der Waals surface area contributed by atoms with Crippen molar-refractivity contribution >= 4 is 73.8 Å². The van der Waals surface area contributed by atoms with Crippen LogP contribution in [0.3, 0.4) is 0 Å². The van der Waals surface area contributed by atoms with Crippen LogP contribution < -0.4 is 15.4 Å². The molecule has 4 rings (SSSR count). The van der Waals surface area contributed by atoms with Gasteiger partial charge in [-0.3, -0.25) is 43.2 Å². The standard InChI is InChI=1S/C51H61FN4O14S/c1-3-4-5-9-32-14-18-40(19-15-32)71(69,70)56-44(28-49(65)66)46(60)27-35(17-21-48(63)64)50(67)54-30-39(58)24-36(22-33-10-8-11-38(52)23-33)51(68)55-43(25-37-29-53-42-13-7-6-12-41(37)42)45(59)26-34(31(2)57)16-20-47(61)62/h6-8,10-15,18-19,23,29,34-36,43-44,53,56H,3-5,9,16-17,20-22,24-28,30H2,1-2H3,(H,54,67)(H,55,68)(H,61,62)(H,63,64)(H,65,66)/t34-,35-,36-,43+,44-/m1/s1. The van der Waals surface area contributed by atoms with Gasteiger partial charge in [0.1, 0.15) is 11.6 Å². The van der Waals surface area contributed by atoms with Crippen LogP contribution in [0.25, 0.3) is 10.9 Å². The number of carbonyl (C=O) groups is 9. The molecule has 0 fully saturated rings. The predicted octanol–water partition coefficient (Wildman–Crippen LogP) is 5.29. The van der Waals surface area contributed by atoms with Gasteiger partial charge in [-0.05, 0) is 86.1 Å². The number of sulfonamides is 1. The van der Waals surface area contributed by atoms with Crippen molar-refractivity contribution in [1.29, 1.82) is 0 Å². The molecule has 7 N–H and O–H groups in total. The van der Waals surface area contributed by atoms with Crippen molar-refractivity contribution < 1.29 is 71.3 Å². The van der Waals surface area contributed by atoms with Crippen molar-refractivity contribution in [3.8, 4) is 0 Å². The van der Waals surface area contributed by atoms with Crippen molar-refractivity contribution in [1.82, 2.24) is 20.3 Å². The molecule has 0 aliphatic carbocycles. The summed E-state index contributed by atoms with van der Waals surface area (Å²) in [6.45, 7) is 2.52. The molecular formula is C51H61FN4O14S. The summed E-state index contributed by atoms with van der Waals surface area (Å²) in [6, 6.07) is 15.1. The lowest BCUT2D eigenvalue weighted by Crippen LogP contribution is -2.47. The Bertz CT molecular complexity index is 2670. The number of Topliss-reactive ketones (excluding diaryl/α,β-unsaturated/α-hetero) is 4. The molecule has 0 bridgehead atoms. The molecule has 0 saturated carbocycles. The van der Waals surface area contributed by atoms with Crippen LogP contribution in [0.5, 0.6) is 0 Å². The zero-order valence-electron chi connectivity index (χ0n) is 39.6. The fourth-order valence-corrected chi connectivity index (χ4v) is 9.36. The van der Waals surface area contributed by atoms with Crippen LogP contribution >= 0.6 is 0 Å². The number of benzene rings is 3. The summed E-state index contributed by atoms with van der Waals surface area (Å²) in [7, 11) is -4.47. The summed E-state index contributed by atoms with van der Waals surface area (Å²) in [6.07, 6.45) is 0.453. The molecule has 0 aliphatic heterocycles. The first kappa shape index (κ1) is 56.7. The average Bonchev–Trinajstić information content (AvgIpc) is 3.72. The van der Waals surface area contributed by atoms with Gasteiger partial charge in [-0.2, -0.15) is 0 Å². The van der Waals surface area contributed by atoms with E-state index in [0.717, 1.165) is 41.8 Å². The number of nitrogens with one attached hydrogen (secondary N) is 4. The van der Waals surface area contributed by atoms with Gasteiger partial charge in [0.15, 0.2) is 17.3 Å². The summed E-state index contributed by atoms with van der Waals surface area (Å²) >= 11 is 0. The third-order valence-electron chi connectivity index (χ3n) is 12.1. The number of para-hydroxylation sites is 1. The van der Waals surface area contributed by atoms with Crippen LogP contribution in [-0.4, -0.2) is 100 Å². The highest BCUT2D eigenvalue weighted by Crippen LogP contribution is 2.24. The van der Waals surface area contributed by atoms with Gasteiger partial charge in [-0.25, -0.2) is 17.5 Å². The third-order valence-corrected chi connectivity index (χ3v) is 13.6. The molecule has 5 atom stereocenters. The number of unbranched alkanes of at least 4 members (excludes halogenated alkanes) is 2. The Morgan fingerprint density at radius 3 is 1.96 bits per heavy atom. The Labute approximate surface area is 410 Å². The summed E-state index contributed by atoms with van der Waals surface area (Å²) in [5.41, 5.74) is 2.52. The smallest absolute Gasteiger partial charge is 0.305 e. The molecule has 0 unspecified atom stereocenters. The molecule has 0 aliphatic rings. The van der Waals surface area contributed by atoms with E-state index < -0.39 is 144 Å². The number of H-pyrrole nitrogens is 1. The Balaban J connectivity index is 1.54. The second-order valence-corrected chi connectivity index (χ2v) is 19.4. The molecule has 18 nitrogen and oxygen atoms in total. The minimum Gasteiger partial charge on any atom is -0.481 e. The number of fused-ring (bicyclic) bond motifs is 1. The molecule has 2 amide bonds. The summed E-state index contributed by atoms with van der Waals surface area (Å²) in [5, 5.41) is 34.1. The van der Waals surface area contributed by atoms with Gasteiger partial charge in [0, 0.05) is 73.4 Å². The van der Waals surface area contributed by atoms with Gasteiger partial charge in [0.25, 0.3) is 0 Å². The SMILES string of the molecule is CCCCCc1ccc(S(=O)(=O)N[C@H](CC(=O)O)C(=O)C[C@@H](CCC(=O)O)C(=O)NCC(=O)C[C@@H](Cc2cccc(F)c2)C(=O)N[C@@H](Cc2c[nH]c3ccccc23)C(=O)C[C@@H](CCC(=O)O)C(C)=O)cc1. The number of hydrogen-bond donors (Lipinski definition) is 7. The second kappa shape index (κ2) is 27.5. The normalized spacial score (nSPS) is 13.6. The van der Waals surface area contributed by atoms with E-state index in [2.05, 4.69) is 20.3 Å². The third kappa shape index (κ3) is 18.7. The Morgan fingerprint density at radius 1 is 0.676 bits per heavy atom. The first-order chi connectivity index (χ1) is 33.6. The molecule has 20 heteroatoms. The minimum absolute atomic E-state index is 0.0770. The molecule has 382 valence electrons. The maximum Gasteiger partial charge on any atom is 0.305 e. The van der Waals surface area contributed by atoms with Crippen molar-refractivity contribution in [3.63, 3.8) is 0 Å². The van der Waals surface area contributed by atoms with Gasteiger partial charge < -0.3 is 30.9 Å². The van der Waals surface area contributed by atoms with E-state index in [1.165, 1.54) is 37.3 Å². The number of hydrogen-bond acceptors (Lipinski definition) is 11. The highest BCUT2D eigenvalue weighted by Gasteiger charge is 2.34. The Morgan fingerprint density at radius 2 is 1.32 bits per heavy atom. The van der Waals surface area contributed by atoms with Gasteiger partial charge >= 0.3 is 17.9 Å². The van der Waals surface area contributed by atoms with Gasteiger partial charge in [-0.15, -0.1) is 0 Å². The highest BCUT2D eigenvalue weighted by atomic mass is 32.2. The van der Waals surface area contributed by atoms with E-state index in [4.69, 9.17) is 0 Å². The van der Waals surface area contributed by atoms with Crippen molar-refractivity contribution in [2.45, 2.75) is 121 Å². The van der Waals surface area contributed by atoms with E-state index in [9.17, 15) is 71.3 Å². The summed E-state index contributed by atoms with van der Waals surface area (Å²) in [4.78, 5) is 119. The van der Waals surface area contributed by atoms with Crippen LogP contribution in [0, 0.1) is 23.6 Å². The van der Waals surface area contributed by atoms with E-state index >= 15 is 0 Å². The van der Waals surface area contributed by atoms with Crippen LogP contribution in [0.15, 0.2) is 83.9 Å². The van der Waals surface area contributed by atoms with E-state index in [-0.39, 0.29) is 30.6 Å². The van der Waals surface area contributed by atoms with E-state index in [1.807, 2.05) is 6.92 Å². The summed E-state index contributed by atoms with van der Waals surface area (Å²) < 4.78 is 43.2. The van der Waals surface area contributed by atoms with Crippen molar-refractivity contribution in [3.05, 3.63) is 102 Å². The lowest BCUT2D eigenvalue weighted by Gasteiger charge is -2.24. The fraction of sp³-hybridized carbons (Fsp3) is 0.431. The van der Waals surface area contributed by atoms with Crippen LogP contribution in [0.1, 0.15) is 101 Å². The molecule has 1 heterocycles. The number of carboxylic acid groups (broad SMARTS) is 3. The largest absolute Gasteiger partial charge is 0.481 e. The van der Waals surface area contributed by atoms with E-state index in [0.29, 0.717) is 17.5 Å². The lowest BCUT2D eigenvalue weighted by atomic mass is 9.88. The first-order valence-electron chi connectivity index (χ1n) is 23.4. The lowest BCUT2D eigenvalue weighted by molar-refractivity contribution is -0.140. The molecule has 71 heavy (non-hydrogen) atoms. The Hall–Kier alpha value is -6.93. The van der Waals surface area contributed by atoms with Crippen LogP contribution in [0.2, 0.25) is 0 Å². The molecule has 0 saturated heterocycles. The fourth-order valence-electron chi connectivity index (χ4n) is 8.14. The summed E-state index contributed by atoms with van der Waals surface area (Å²) in [5.74, 6) is -13.1. The van der Waals surface area contributed by atoms with Gasteiger partial charge in [0.2, 0.25) is 21.8 Å². The number of halogens is 1. The highest BCUT2D eigenvalue weighted by molar-refractivity contribution is 7.89. The maximum absolute atomic E-state index is 14.4. The number of amides is 2. The topological polar surface area (TPSA) is 300 Å². The van der Waals surface area contributed by atoms with E-state index in [1.54, 1.807) is 42.6 Å². The second-order valence-electron chi connectivity index (χ2n) is 17.7. The number of carboxylic acids is 3. The van der Waals surface area contributed by atoms with Crippen LogP contribution in [0.4, 0.5) is 4.39 Å².